The molecule has 3 heterocycles. The summed E-state index contributed by atoms with van der Waals surface area (Å²) in [5.74, 6) is 2.27. The van der Waals surface area contributed by atoms with Gasteiger partial charge in [0.2, 0.25) is 0 Å². The lowest BCUT2D eigenvalue weighted by Crippen LogP contribution is -2.28. The van der Waals surface area contributed by atoms with Crippen LogP contribution >= 0.6 is 0 Å². The molecular weight excluding hydrogens is 562 g/mol. The molecule has 6 aromatic rings. The Balaban J connectivity index is 0.00000109. The van der Waals surface area contributed by atoms with Crippen LogP contribution in [0, 0.1) is 0 Å². The van der Waals surface area contributed by atoms with Crippen molar-refractivity contribution in [3.8, 4) is 45.3 Å². The minimum absolute atomic E-state index is 0.239. The molecule has 46 heavy (non-hydrogen) atoms. The molecule has 2 aliphatic rings. The van der Waals surface area contributed by atoms with E-state index in [1.54, 1.807) is 6.08 Å². The first kappa shape index (κ1) is 28.8. The van der Waals surface area contributed by atoms with E-state index in [4.69, 9.17) is 15.0 Å². The Morgan fingerprint density at radius 1 is 0.609 bits per heavy atom. The average molecular weight is 596 g/mol. The first-order chi connectivity index (χ1) is 22.7. The van der Waals surface area contributed by atoms with Crippen molar-refractivity contribution in [1.29, 1.82) is 0 Å². The van der Waals surface area contributed by atoms with Gasteiger partial charge in [-0.2, -0.15) is 0 Å². The van der Waals surface area contributed by atoms with Crippen LogP contribution in [0.4, 0.5) is 11.4 Å². The fourth-order valence-electron chi connectivity index (χ4n) is 6.06. The lowest BCUT2D eigenvalue weighted by atomic mass is 9.92. The van der Waals surface area contributed by atoms with Crippen LogP contribution < -0.4 is 4.90 Å². The van der Waals surface area contributed by atoms with E-state index in [2.05, 4.69) is 95.4 Å². The highest BCUT2D eigenvalue weighted by Gasteiger charge is 2.37. The summed E-state index contributed by atoms with van der Waals surface area (Å²) in [5.41, 5.74) is 8.80. The van der Waals surface area contributed by atoms with Gasteiger partial charge in [-0.15, -0.1) is 6.58 Å². The van der Waals surface area contributed by atoms with Gasteiger partial charge in [0.25, 0.3) is 0 Å². The molecule has 4 aromatic carbocycles. The summed E-state index contributed by atoms with van der Waals surface area (Å²) >= 11 is 0. The molecule has 2 unspecified atom stereocenters. The number of anilines is 2. The lowest BCUT2D eigenvalue weighted by Gasteiger charge is -2.29. The normalized spacial score (nSPS) is 15.8. The summed E-state index contributed by atoms with van der Waals surface area (Å²) in [5, 5.41) is 0. The van der Waals surface area contributed by atoms with Gasteiger partial charge < -0.3 is 4.90 Å². The Kier molecular flexibility index (Phi) is 8.12. The Hall–Kier alpha value is -5.94. The number of aromatic nitrogens is 4. The summed E-state index contributed by atoms with van der Waals surface area (Å²) in [7, 11) is 0. The highest BCUT2D eigenvalue weighted by atomic mass is 15.2. The van der Waals surface area contributed by atoms with Crippen LogP contribution in [-0.2, 0) is 0 Å². The minimum Gasteiger partial charge on any atom is -0.333 e. The van der Waals surface area contributed by atoms with Crippen molar-refractivity contribution in [2.45, 2.75) is 18.9 Å². The Morgan fingerprint density at radius 2 is 1.15 bits per heavy atom. The van der Waals surface area contributed by atoms with E-state index in [-0.39, 0.29) is 6.04 Å². The Labute approximate surface area is 270 Å². The van der Waals surface area contributed by atoms with E-state index >= 15 is 0 Å². The lowest BCUT2D eigenvalue weighted by molar-refractivity contribution is 0.743. The molecule has 222 valence electrons. The topological polar surface area (TPSA) is 54.8 Å². The molecule has 0 amide bonds. The van der Waals surface area contributed by atoms with Crippen LogP contribution in [-0.4, -0.2) is 26.0 Å². The molecule has 0 saturated carbocycles. The molecule has 2 atom stereocenters. The monoisotopic (exact) mass is 595 g/mol. The summed E-state index contributed by atoms with van der Waals surface area (Å²) < 4.78 is 0. The first-order valence-corrected chi connectivity index (χ1v) is 15.5. The van der Waals surface area contributed by atoms with Gasteiger partial charge in [0.1, 0.15) is 0 Å². The summed E-state index contributed by atoms with van der Waals surface area (Å²) in [6, 6.07) is 39.8. The zero-order valence-corrected chi connectivity index (χ0v) is 25.6. The quantitative estimate of drug-likeness (QED) is 0.186. The first-order valence-electron chi connectivity index (χ1n) is 15.5. The molecule has 1 aliphatic carbocycles. The molecule has 0 saturated heterocycles. The zero-order chi connectivity index (χ0) is 31.3. The highest BCUT2D eigenvalue weighted by Crippen LogP contribution is 2.47. The van der Waals surface area contributed by atoms with Crippen LogP contribution in [0.3, 0.4) is 0 Å². The van der Waals surface area contributed by atoms with E-state index in [1.165, 1.54) is 16.9 Å². The summed E-state index contributed by atoms with van der Waals surface area (Å²) in [6.45, 7) is 5.25. The molecule has 0 N–H and O–H groups in total. The van der Waals surface area contributed by atoms with E-state index in [9.17, 15) is 0 Å². The number of pyridine rings is 1. The van der Waals surface area contributed by atoms with Gasteiger partial charge >= 0.3 is 0 Å². The van der Waals surface area contributed by atoms with E-state index < -0.39 is 0 Å². The molecule has 0 spiro atoms. The van der Waals surface area contributed by atoms with Gasteiger partial charge in [0.05, 0.1) is 6.04 Å². The number of rotatable bonds is 5. The number of fused-ring (bicyclic) bond motifs is 3. The number of hydrogen-bond acceptors (Lipinski definition) is 5. The van der Waals surface area contributed by atoms with Crippen molar-refractivity contribution in [2.24, 2.45) is 0 Å². The van der Waals surface area contributed by atoms with E-state index in [1.807, 2.05) is 80.0 Å². The predicted octanol–water partition coefficient (Wildman–Crippen LogP) is 9.86. The van der Waals surface area contributed by atoms with Crippen LogP contribution in [0.25, 0.3) is 45.3 Å². The number of hydrogen-bond donors (Lipinski definition) is 0. The van der Waals surface area contributed by atoms with Crippen molar-refractivity contribution in [1.82, 2.24) is 19.9 Å². The van der Waals surface area contributed by atoms with Crippen molar-refractivity contribution >= 4 is 11.4 Å². The Bertz CT molecular complexity index is 1970. The molecule has 5 nitrogen and oxygen atoms in total. The summed E-state index contributed by atoms with van der Waals surface area (Å²) in [6.07, 6.45) is 14.5. The van der Waals surface area contributed by atoms with Crippen molar-refractivity contribution < 1.29 is 0 Å². The molecule has 0 radical (unpaired) electrons. The van der Waals surface area contributed by atoms with Gasteiger partial charge in [0.15, 0.2) is 17.5 Å². The molecule has 0 fully saturated rings. The third kappa shape index (κ3) is 5.66. The average Bonchev–Trinajstić information content (AvgIpc) is 3.47. The minimum atomic E-state index is 0.239. The van der Waals surface area contributed by atoms with E-state index in [0.29, 0.717) is 23.4 Å². The number of benzene rings is 4. The van der Waals surface area contributed by atoms with Crippen molar-refractivity contribution in [3.63, 3.8) is 0 Å². The van der Waals surface area contributed by atoms with Gasteiger partial charge in [-0.05, 0) is 36.2 Å². The van der Waals surface area contributed by atoms with Crippen LogP contribution in [0.15, 0.2) is 165 Å². The van der Waals surface area contributed by atoms with Crippen molar-refractivity contribution in [3.05, 3.63) is 170 Å². The van der Waals surface area contributed by atoms with Crippen LogP contribution in [0.5, 0.6) is 0 Å². The second-order valence-electron chi connectivity index (χ2n) is 11.2. The standard InChI is InChI=1S/C38H27N5.C3H6/c1-3-10-27(11-4-1)36-40-37(28-12-5-2-6-13-28)42-38(41-36)29-20-18-26(19-21-29)30-14-9-15-31(24-30)43-34-17-8-7-16-32(34)33-25-39-23-22-35(33)43;1-3-2/h1-25,32,34H;3H,1H2,2H3. The maximum Gasteiger partial charge on any atom is 0.164 e. The second-order valence-corrected chi connectivity index (χ2v) is 11.2. The molecular formula is C41H33N5. The molecule has 5 heteroatoms. The fourth-order valence-corrected chi connectivity index (χ4v) is 6.06. The second kappa shape index (κ2) is 13.0. The maximum atomic E-state index is 4.88. The summed E-state index contributed by atoms with van der Waals surface area (Å²) in [4.78, 5) is 21.4. The smallest absolute Gasteiger partial charge is 0.164 e. The highest BCUT2D eigenvalue weighted by molar-refractivity contribution is 5.79. The maximum absolute atomic E-state index is 4.88. The molecule has 1 aliphatic heterocycles. The largest absolute Gasteiger partial charge is 0.333 e. The Morgan fingerprint density at radius 3 is 1.78 bits per heavy atom. The third-order valence-corrected chi connectivity index (χ3v) is 8.15. The van der Waals surface area contributed by atoms with Gasteiger partial charge in [-0.25, -0.2) is 15.0 Å². The molecule has 0 bridgehead atoms. The zero-order valence-electron chi connectivity index (χ0n) is 25.6. The number of allylic oxidation sites excluding steroid dienone is 3. The fraction of sp³-hybridized carbons (Fsp3) is 0.0732. The molecule has 2 aromatic heterocycles. The third-order valence-electron chi connectivity index (χ3n) is 8.15. The number of nitrogens with zero attached hydrogens (tertiary/aromatic N) is 5. The van der Waals surface area contributed by atoms with Gasteiger partial charge in [-0.3, -0.25) is 4.98 Å². The van der Waals surface area contributed by atoms with Crippen molar-refractivity contribution in [2.75, 3.05) is 4.90 Å². The van der Waals surface area contributed by atoms with Gasteiger partial charge in [0, 0.05) is 51.9 Å². The van der Waals surface area contributed by atoms with Gasteiger partial charge in [-0.1, -0.05) is 127 Å². The van der Waals surface area contributed by atoms with Crippen LogP contribution in [0.2, 0.25) is 0 Å². The van der Waals surface area contributed by atoms with Crippen LogP contribution in [0.1, 0.15) is 18.4 Å². The van der Waals surface area contributed by atoms with E-state index in [0.717, 1.165) is 27.8 Å². The SMILES string of the molecule is C1=CC2c3cnccc3N(c3cccc(-c4ccc(-c5nc(-c6ccccc6)nc(-c6ccccc6)n5)cc4)c3)C2C=C1.C=CC. The molecule has 8 rings (SSSR count). The predicted molar refractivity (Wildman–Crippen MR) is 189 cm³/mol.